The number of nitrogens with one attached hydrogen (secondary N) is 1. The molecule has 0 unspecified atom stereocenters. The van der Waals surface area contributed by atoms with Crippen molar-refractivity contribution >= 4 is 5.91 Å². The van der Waals surface area contributed by atoms with Gasteiger partial charge >= 0.3 is 0 Å². The molecule has 0 spiro atoms. The molecule has 2 rings (SSSR count). The third kappa shape index (κ3) is 5.02. The van der Waals surface area contributed by atoms with E-state index in [0.29, 0.717) is 31.6 Å². The number of rotatable bonds is 7. The van der Waals surface area contributed by atoms with E-state index in [1.54, 1.807) is 7.11 Å². The summed E-state index contributed by atoms with van der Waals surface area (Å²) in [5.74, 6) is 1.40. The normalized spacial score (nSPS) is 21.4. The molecule has 122 valence electrons. The number of para-hydroxylation sites is 1. The van der Waals surface area contributed by atoms with Gasteiger partial charge in [0.2, 0.25) is 5.91 Å². The van der Waals surface area contributed by atoms with Crippen molar-refractivity contribution in [1.29, 1.82) is 0 Å². The molecule has 1 fully saturated rings. The lowest BCUT2D eigenvalue weighted by Gasteiger charge is -2.28. The number of ether oxygens (including phenoxy) is 2. The number of carbonyl (C=O) groups is 1. The van der Waals surface area contributed by atoms with Crippen molar-refractivity contribution in [3.05, 3.63) is 29.8 Å². The monoisotopic (exact) mass is 305 g/mol. The molecule has 4 nitrogen and oxygen atoms in total. The lowest BCUT2D eigenvalue weighted by molar-refractivity contribution is -0.120. The maximum absolute atomic E-state index is 12.0. The van der Waals surface area contributed by atoms with Gasteiger partial charge in [-0.2, -0.15) is 0 Å². The van der Waals surface area contributed by atoms with Gasteiger partial charge in [0.25, 0.3) is 0 Å². The van der Waals surface area contributed by atoms with Crippen molar-refractivity contribution in [3.63, 3.8) is 0 Å². The number of methoxy groups -OCH3 is 1. The summed E-state index contributed by atoms with van der Waals surface area (Å²) in [6.07, 6.45) is 5.68. The molecule has 0 aliphatic heterocycles. The Morgan fingerprint density at radius 2 is 2.05 bits per heavy atom. The van der Waals surface area contributed by atoms with E-state index < -0.39 is 0 Å². The van der Waals surface area contributed by atoms with Crippen LogP contribution in [0.2, 0.25) is 0 Å². The minimum atomic E-state index is 0.00444. The Kier molecular flexibility index (Phi) is 6.72. The van der Waals surface area contributed by atoms with Crippen molar-refractivity contribution in [2.45, 2.75) is 45.1 Å². The maximum Gasteiger partial charge on any atom is 0.224 e. The second-order valence-electron chi connectivity index (χ2n) is 6.01. The average Bonchev–Trinajstić information content (AvgIpc) is 2.53. The van der Waals surface area contributed by atoms with Gasteiger partial charge in [-0.3, -0.25) is 4.79 Å². The van der Waals surface area contributed by atoms with Crippen LogP contribution in [0.15, 0.2) is 24.3 Å². The highest BCUT2D eigenvalue weighted by atomic mass is 16.5. The second-order valence-corrected chi connectivity index (χ2v) is 6.01. The quantitative estimate of drug-likeness (QED) is 0.788. The molecule has 1 N–H and O–H groups in total. The second kappa shape index (κ2) is 8.79. The molecule has 22 heavy (non-hydrogen) atoms. The van der Waals surface area contributed by atoms with Gasteiger partial charge in [0.15, 0.2) is 0 Å². The van der Waals surface area contributed by atoms with E-state index in [0.717, 1.165) is 17.7 Å². The molecule has 1 aliphatic rings. The van der Waals surface area contributed by atoms with Crippen LogP contribution >= 0.6 is 0 Å². The van der Waals surface area contributed by atoms with Crippen molar-refractivity contribution < 1.29 is 14.3 Å². The van der Waals surface area contributed by atoms with Gasteiger partial charge in [-0.15, -0.1) is 0 Å². The predicted molar refractivity (Wildman–Crippen MR) is 87.1 cm³/mol. The predicted octanol–water partition coefficient (Wildman–Crippen LogP) is 2.95. The summed E-state index contributed by atoms with van der Waals surface area (Å²) in [6, 6.07) is 7.60. The lowest BCUT2D eigenvalue weighted by Crippen LogP contribution is -2.32. The van der Waals surface area contributed by atoms with Gasteiger partial charge in [-0.25, -0.2) is 0 Å². The zero-order valence-electron chi connectivity index (χ0n) is 13.6. The molecule has 1 aromatic rings. The van der Waals surface area contributed by atoms with Crippen LogP contribution in [0.1, 0.15) is 38.2 Å². The summed E-state index contributed by atoms with van der Waals surface area (Å²) in [4.78, 5) is 12.0. The summed E-state index contributed by atoms with van der Waals surface area (Å²) in [5, 5.41) is 2.92. The van der Waals surface area contributed by atoms with Crippen LogP contribution in [-0.4, -0.2) is 32.3 Å². The standard InChI is InChI=1S/C18H27NO3/c1-14-7-3-5-9-16(14)22-12-11-19-18(20)13-15-8-4-6-10-17(15)21-2/h4,6,8,10,14,16H,3,5,7,9,11-13H2,1-2H3,(H,19,20)/t14-,16+/m1/s1. The summed E-state index contributed by atoms with van der Waals surface area (Å²) < 4.78 is 11.2. The highest BCUT2D eigenvalue weighted by molar-refractivity contribution is 5.79. The minimum absolute atomic E-state index is 0.00444. The van der Waals surface area contributed by atoms with E-state index in [1.165, 1.54) is 19.3 Å². The smallest absolute Gasteiger partial charge is 0.224 e. The van der Waals surface area contributed by atoms with Crippen LogP contribution in [0.3, 0.4) is 0 Å². The Morgan fingerprint density at radius 3 is 2.82 bits per heavy atom. The van der Waals surface area contributed by atoms with Crippen molar-refractivity contribution in [2.75, 3.05) is 20.3 Å². The van der Waals surface area contributed by atoms with E-state index in [1.807, 2.05) is 24.3 Å². The minimum Gasteiger partial charge on any atom is -0.496 e. The third-order valence-corrected chi connectivity index (χ3v) is 4.33. The number of carbonyl (C=O) groups excluding carboxylic acids is 1. The van der Waals surface area contributed by atoms with Crippen LogP contribution in [-0.2, 0) is 16.0 Å². The van der Waals surface area contributed by atoms with Crippen LogP contribution in [0.4, 0.5) is 0 Å². The summed E-state index contributed by atoms with van der Waals surface area (Å²) in [6.45, 7) is 3.41. The zero-order chi connectivity index (χ0) is 15.8. The van der Waals surface area contributed by atoms with Gasteiger partial charge in [-0.05, 0) is 24.8 Å². The molecular formula is C18H27NO3. The molecule has 0 bridgehead atoms. The molecular weight excluding hydrogens is 278 g/mol. The van der Waals surface area contributed by atoms with Gasteiger partial charge in [-0.1, -0.05) is 38.0 Å². The van der Waals surface area contributed by atoms with E-state index in [-0.39, 0.29) is 5.91 Å². The Hall–Kier alpha value is -1.55. The number of benzene rings is 1. The summed E-state index contributed by atoms with van der Waals surface area (Å²) >= 11 is 0. The van der Waals surface area contributed by atoms with Crippen molar-refractivity contribution in [2.24, 2.45) is 5.92 Å². The molecule has 0 saturated heterocycles. The molecule has 1 saturated carbocycles. The van der Waals surface area contributed by atoms with Gasteiger partial charge in [0.05, 0.1) is 26.2 Å². The Bertz CT molecular complexity index is 475. The zero-order valence-corrected chi connectivity index (χ0v) is 13.6. The van der Waals surface area contributed by atoms with Crippen LogP contribution < -0.4 is 10.1 Å². The molecule has 0 heterocycles. The highest BCUT2D eigenvalue weighted by Gasteiger charge is 2.21. The van der Waals surface area contributed by atoms with E-state index in [2.05, 4.69) is 12.2 Å². The molecule has 1 aromatic carbocycles. The molecule has 0 radical (unpaired) electrons. The molecule has 4 heteroatoms. The Morgan fingerprint density at radius 1 is 1.27 bits per heavy atom. The average molecular weight is 305 g/mol. The van der Waals surface area contributed by atoms with Gasteiger partial charge in [0.1, 0.15) is 5.75 Å². The van der Waals surface area contributed by atoms with E-state index in [9.17, 15) is 4.79 Å². The van der Waals surface area contributed by atoms with Gasteiger partial charge < -0.3 is 14.8 Å². The fourth-order valence-corrected chi connectivity index (χ4v) is 3.02. The summed E-state index contributed by atoms with van der Waals surface area (Å²) in [5.41, 5.74) is 0.907. The first kappa shape index (κ1) is 16.8. The highest BCUT2D eigenvalue weighted by Crippen LogP contribution is 2.26. The Labute approximate surface area is 133 Å². The van der Waals surface area contributed by atoms with Crippen LogP contribution in [0.5, 0.6) is 5.75 Å². The van der Waals surface area contributed by atoms with Crippen molar-refractivity contribution in [1.82, 2.24) is 5.32 Å². The SMILES string of the molecule is COc1ccccc1CC(=O)NCCO[C@H]1CCCC[C@H]1C. The summed E-state index contributed by atoms with van der Waals surface area (Å²) in [7, 11) is 1.62. The molecule has 1 amide bonds. The first-order chi connectivity index (χ1) is 10.7. The van der Waals surface area contributed by atoms with E-state index in [4.69, 9.17) is 9.47 Å². The lowest BCUT2D eigenvalue weighted by atomic mass is 9.88. The fourth-order valence-electron chi connectivity index (χ4n) is 3.02. The largest absolute Gasteiger partial charge is 0.496 e. The number of amides is 1. The van der Waals surface area contributed by atoms with Crippen LogP contribution in [0, 0.1) is 5.92 Å². The molecule has 0 aromatic heterocycles. The Balaban J connectivity index is 1.67. The van der Waals surface area contributed by atoms with Gasteiger partial charge in [0, 0.05) is 12.1 Å². The maximum atomic E-state index is 12.0. The first-order valence-corrected chi connectivity index (χ1v) is 8.21. The number of hydrogen-bond donors (Lipinski definition) is 1. The molecule has 1 aliphatic carbocycles. The number of hydrogen-bond acceptors (Lipinski definition) is 3. The topological polar surface area (TPSA) is 47.6 Å². The van der Waals surface area contributed by atoms with Crippen LogP contribution in [0.25, 0.3) is 0 Å². The van der Waals surface area contributed by atoms with Crippen molar-refractivity contribution in [3.8, 4) is 5.75 Å². The fraction of sp³-hybridized carbons (Fsp3) is 0.611. The third-order valence-electron chi connectivity index (χ3n) is 4.33. The molecule has 2 atom stereocenters. The first-order valence-electron chi connectivity index (χ1n) is 8.21. The van der Waals surface area contributed by atoms with E-state index >= 15 is 0 Å².